The van der Waals surface area contributed by atoms with E-state index in [4.69, 9.17) is 0 Å². The maximum Gasteiger partial charge on any atom is 0.294 e. The zero-order valence-corrected chi connectivity index (χ0v) is 24.3. The van der Waals surface area contributed by atoms with Crippen LogP contribution in [0.4, 0.5) is 11.4 Å². The lowest BCUT2D eigenvalue weighted by molar-refractivity contribution is 0.482. The van der Waals surface area contributed by atoms with Crippen molar-refractivity contribution in [3.05, 3.63) is 121 Å². The largest absolute Gasteiger partial charge is 0.768 e. The highest BCUT2D eigenvalue weighted by atomic mass is 32.2. The van der Waals surface area contributed by atoms with Gasteiger partial charge in [-0.2, -0.15) is 8.42 Å². The molecule has 4 aromatic rings. The van der Waals surface area contributed by atoms with Crippen LogP contribution in [-0.4, -0.2) is 40.6 Å². The average Bonchev–Trinajstić information content (AvgIpc) is 2.99. The van der Waals surface area contributed by atoms with Crippen LogP contribution in [0.5, 0.6) is 0 Å². The summed E-state index contributed by atoms with van der Waals surface area (Å²) in [4.78, 5) is 30.3. The van der Waals surface area contributed by atoms with Crippen molar-refractivity contribution >= 4 is 71.1 Å². The second-order valence-corrected chi connectivity index (χ2v) is 12.8. The van der Waals surface area contributed by atoms with Gasteiger partial charge in [-0.05, 0) is 70.0 Å². The fourth-order valence-corrected chi connectivity index (χ4v) is 6.65. The Labute approximate surface area is 251 Å². The summed E-state index contributed by atoms with van der Waals surface area (Å²) in [5.74, 6) is -0.663. The van der Waals surface area contributed by atoms with Gasteiger partial charge in [0.05, 0.1) is 32.4 Å². The van der Waals surface area contributed by atoms with Gasteiger partial charge in [0.1, 0.15) is 5.76 Å². The monoisotopic (exact) mass is 648 g/mol. The first-order valence-corrected chi connectivity index (χ1v) is 16.0. The van der Waals surface area contributed by atoms with Gasteiger partial charge >= 0.3 is 0 Å². The summed E-state index contributed by atoms with van der Waals surface area (Å²) in [6, 6.07) is 17.1. The van der Waals surface area contributed by atoms with Gasteiger partial charge < -0.3 is 19.5 Å². The van der Waals surface area contributed by atoms with Crippen molar-refractivity contribution in [1.82, 2.24) is 4.98 Å². The van der Waals surface area contributed by atoms with E-state index >= 15 is 0 Å². The van der Waals surface area contributed by atoms with E-state index in [2.05, 4.69) is 10.3 Å². The maximum atomic E-state index is 13.9. The number of benzene rings is 4. The predicted molar refractivity (Wildman–Crippen MR) is 159 cm³/mol. The number of hydrogen-bond donors (Lipinski definition) is 3. The quantitative estimate of drug-likeness (QED) is 0.175. The Hall–Kier alpha value is -4.64. The minimum atomic E-state index is -4.65. The molecular formula is C29H16N2O10S3-2. The van der Waals surface area contributed by atoms with Crippen LogP contribution in [-0.2, 0) is 32.3 Å². The van der Waals surface area contributed by atoms with Gasteiger partial charge in [0.2, 0.25) is 0 Å². The fraction of sp³-hybridized carbons (Fsp3) is 0. The third-order valence-corrected chi connectivity index (χ3v) is 9.21. The van der Waals surface area contributed by atoms with Crippen molar-refractivity contribution in [1.29, 1.82) is 0 Å². The standard InChI is InChI=1S/C29H18N2O10S3/c32-27(14-4-3-5-16(12-14)44(39,40)41)26-23-17-6-1-2-7-18(17)28(33)25-21(11-10-20(24(23)25)31-29(26)34)30-19-9-8-15(42(35)36)13-22(19)43(37)38/h1-13,30,32H,(H,35,36)(H,37,38)(H,39,40,41)/p-2. The lowest BCUT2D eigenvalue weighted by atomic mass is 9.96. The van der Waals surface area contributed by atoms with E-state index in [1.807, 2.05) is 0 Å². The Morgan fingerprint density at radius 1 is 0.818 bits per heavy atom. The Morgan fingerprint density at radius 2 is 1.52 bits per heavy atom. The summed E-state index contributed by atoms with van der Waals surface area (Å²) >= 11 is -5.58. The molecule has 1 heterocycles. The van der Waals surface area contributed by atoms with E-state index in [0.29, 0.717) is 0 Å². The summed E-state index contributed by atoms with van der Waals surface area (Å²) in [6.45, 7) is 0. The molecule has 12 nitrogen and oxygen atoms in total. The molecule has 2 atom stereocenters. The van der Waals surface area contributed by atoms with Gasteiger partial charge in [-0.1, -0.05) is 36.4 Å². The predicted octanol–water partition coefficient (Wildman–Crippen LogP) is 2.17. The molecule has 0 bridgehead atoms. The van der Waals surface area contributed by atoms with Gasteiger partial charge in [-0.25, -0.2) is 4.98 Å². The molecule has 222 valence electrons. The van der Waals surface area contributed by atoms with Crippen molar-refractivity contribution < 1.29 is 35.6 Å². The number of aliphatic hydroxyl groups is 1. The van der Waals surface area contributed by atoms with Gasteiger partial charge in [-0.3, -0.25) is 22.6 Å². The number of nitrogens with zero attached hydrogens (tertiary/aromatic N) is 1. The van der Waals surface area contributed by atoms with Crippen LogP contribution in [0, 0.1) is 10.4 Å². The van der Waals surface area contributed by atoms with E-state index in [9.17, 15) is 45.2 Å². The molecule has 15 heteroatoms. The second kappa shape index (κ2) is 10.8. The molecule has 2 aliphatic rings. The lowest BCUT2D eigenvalue weighted by Crippen LogP contribution is -2.33. The maximum absolute atomic E-state index is 13.9. The van der Waals surface area contributed by atoms with E-state index in [1.54, 1.807) is 18.2 Å². The van der Waals surface area contributed by atoms with Crippen LogP contribution < -0.4 is 21.5 Å². The highest BCUT2D eigenvalue weighted by Crippen LogP contribution is 2.30. The molecule has 2 unspecified atom stereocenters. The molecule has 3 N–H and O–H groups in total. The number of fused-ring (bicyclic) bond motifs is 2. The number of aliphatic hydroxyl groups excluding tert-OH is 1. The zero-order valence-electron chi connectivity index (χ0n) is 21.8. The summed E-state index contributed by atoms with van der Waals surface area (Å²) in [5, 5.41) is 14.6. The van der Waals surface area contributed by atoms with Crippen molar-refractivity contribution in [3.63, 3.8) is 0 Å². The Kier molecular flexibility index (Phi) is 7.23. The van der Waals surface area contributed by atoms with E-state index in [1.165, 1.54) is 42.5 Å². The summed E-state index contributed by atoms with van der Waals surface area (Å²) < 4.78 is 79.8. The summed E-state index contributed by atoms with van der Waals surface area (Å²) in [6.07, 6.45) is 0. The van der Waals surface area contributed by atoms with Crippen molar-refractivity contribution in [2.75, 3.05) is 5.32 Å². The van der Waals surface area contributed by atoms with Crippen LogP contribution in [0.2, 0.25) is 0 Å². The van der Waals surface area contributed by atoms with Crippen LogP contribution >= 0.6 is 0 Å². The third kappa shape index (κ3) is 4.90. The Morgan fingerprint density at radius 3 is 2.20 bits per heavy atom. The summed E-state index contributed by atoms with van der Waals surface area (Å²) in [7, 11) is -4.65. The molecule has 0 aromatic heterocycles. The molecule has 4 aromatic carbocycles. The van der Waals surface area contributed by atoms with Crippen molar-refractivity contribution in [3.8, 4) is 0 Å². The number of rotatable bonds is 6. The van der Waals surface area contributed by atoms with Crippen LogP contribution in [0.15, 0.2) is 103 Å². The normalized spacial score (nSPS) is 14.2. The number of hydrogen-bond acceptors (Lipinski definition) is 11. The molecule has 1 aliphatic carbocycles. The molecule has 1 aliphatic heterocycles. The summed E-state index contributed by atoms with van der Waals surface area (Å²) in [5.41, 5.74) is -1.38. The smallest absolute Gasteiger partial charge is 0.294 e. The van der Waals surface area contributed by atoms with Gasteiger partial charge in [0, 0.05) is 31.2 Å². The molecule has 0 saturated heterocycles. The molecule has 0 amide bonds. The molecule has 0 saturated carbocycles. The third-order valence-electron chi connectivity index (χ3n) is 7.02. The lowest BCUT2D eigenvalue weighted by Gasteiger charge is -2.18. The molecule has 6 rings (SSSR count). The topological polar surface area (TPSA) is 214 Å². The van der Waals surface area contributed by atoms with Crippen molar-refractivity contribution in [2.45, 2.75) is 14.7 Å². The van der Waals surface area contributed by atoms with Crippen molar-refractivity contribution in [2.24, 2.45) is 0 Å². The SMILES string of the molecule is O=c1nc2ccc(Nc3ccc(S(=O)[O-])cc3S(=O)[O-])c3c2=c(c1=C(O)c1cccc(S(=O)(=O)O)c1)c1ccccc1c3=O. The fourth-order valence-electron chi connectivity index (χ4n) is 5.14. The van der Waals surface area contributed by atoms with E-state index in [0.717, 1.165) is 18.2 Å². The average molecular weight is 649 g/mol. The molecule has 0 fully saturated rings. The number of anilines is 2. The Bertz CT molecular complexity index is 2580. The molecule has 44 heavy (non-hydrogen) atoms. The molecular weight excluding hydrogens is 633 g/mol. The molecule has 0 radical (unpaired) electrons. The van der Waals surface area contributed by atoms with Gasteiger partial charge in [-0.15, -0.1) is 0 Å². The highest BCUT2D eigenvalue weighted by molar-refractivity contribution is 7.85. The first-order chi connectivity index (χ1) is 20.9. The first-order valence-electron chi connectivity index (χ1n) is 12.4. The van der Waals surface area contributed by atoms with E-state index < -0.39 is 53.9 Å². The second-order valence-electron chi connectivity index (χ2n) is 9.53. The zero-order chi connectivity index (χ0) is 31.5. The molecule has 0 spiro atoms. The number of aromatic nitrogens is 1. The van der Waals surface area contributed by atoms with Gasteiger partial charge in [0.25, 0.3) is 15.7 Å². The Balaban J connectivity index is 1.78. The van der Waals surface area contributed by atoms with Crippen LogP contribution in [0.25, 0.3) is 27.4 Å². The van der Waals surface area contributed by atoms with Gasteiger partial charge in [0.15, 0.2) is 5.43 Å². The first kappa shape index (κ1) is 29.4. The minimum absolute atomic E-state index is 0.0106. The number of nitrogens with one attached hydrogen (secondary N) is 1. The van der Waals surface area contributed by atoms with Crippen LogP contribution in [0.1, 0.15) is 5.56 Å². The van der Waals surface area contributed by atoms with E-state index in [-0.39, 0.29) is 64.1 Å². The van der Waals surface area contributed by atoms with Crippen LogP contribution in [0.3, 0.4) is 0 Å². The highest BCUT2D eigenvalue weighted by Gasteiger charge is 2.20. The minimum Gasteiger partial charge on any atom is -0.768 e.